The van der Waals surface area contributed by atoms with E-state index >= 15 is 0 Å². The van der Waals surface area contributed by atoms with Gasteiger partial charge in [0.15, 0.2) is 0 Å². The minimum absolute atomic E-state index is 0.0217. The number of nitrogens with two attached hydrogens (primary N) is 1. The number of nitrogens with one attached hydrogen (secondary N) is 2. The van der Waals surface area contributed by atoms with E-state index in [0.29, 0.717) is 12.6 Å². The van der Waals surface area contributed by atoms with E-state index in [4.69, 9.17) is 10.5 Å². The molecule has 2 aliphatic rings. The summed E-state index contributed by atoms with van der Waals surface area (Å²) in [5.41, 5.74) is 6.25. The van der Waals surface area contributed by atoms with Gasteiger partial charge in [-0.25, -0.2) is 0 Å². The number of nitrogens with zero attached hydrogens (tertiary/aromatic N) is 3. The topological polar surface area (TPSA) is 109 Å². The van der Waals surface area contributed by atoms with Gasteiger partial charge in [-0.1, -0.05) is 0 Å². The van der Waals surface area contributed by atoms with Crippen LogP contribution in [0.25, 0.3) is 0 Å². The van der Waals surface area contributed by atoms with Crippen molar-refractivity contribution < 1.29 is 9.53 Å². The molecule has 0 radical (unpaired) electrons. The summed E-state index contributed by atoms with van der Waals surface area (Å²) < 4.78 is 5.47. The number of ether oxygens (including phenoxy) is 1. The number of hydrogen-bond donors (Lipinski definition) is 3. The Labute approximate surface area is 152 Å². The Morgan fingerprint density at radius 2 is 2.20 bits per heavy atom. The van der Waals surface area contributed by atoms with Crippen LogP contribution in [-0.2, 0) is 9.53 Å². The van der Waals surface area contributed by atoms with Crippen LogP contribution in [-0.4, -0.2) is 76.9 Å². The Morgan fingerprint density at radius 3 is 2.96 bits per heavy atom. The molecule has 0 bridgehead atoms. The molecular formula is C16H28N6O2S. The van der Waals surface area contributed by atoms with Gasteiger partial charge in [0.1, 0.15) is 5.03 Å². The summed E-state index contributed by atoms with van der Waals surface area (Å²) in [7, 11) is 0. The highest BCUT2D eigenvalue weighted by molar-refractivity contribution is 7.99. The predicted molar refractivity (Wildman–Crippen MR) is 96.2 cm³/mol. The fourth-order valence-corrected chi connectivity index (χ4v) is 4.20. The van der Waals surface area contributed by atoms with E-state index in [1.54, 1.807) is 18.0 Å². The molecule has 0 unspecified atom stereocenters. The standard InChI is InChI=1S/C16H28N6O2S/c17-13-2-1-12(10-22(11-13)14-3-6-24-7-4-14)16(23)18-5-8-25-15-9-19-21-20-15/h9,12-14H,1-8,10-11,17H2,(H,18,23)(H,19,20,21)/t12-,13+/m1/s1. The van der Waals surface area contributed by atoms with Gasteiger partial charge in [0.2, 0.25) is 5.91 Å². The van der Waals surface area contributed by atoms with Crippen molar-refractivity contribution in [3.05, 3.63) is 6.20 Å². The summed E-state index contributed by atoms with van der Waals surface area (Å²) in [6.45, 7) is 3.95. The van der Waals surface area contributed by atoms with Crippen LogP contribution in [0.5, 0.6) is 0 Å². The quantitative estimate of drug-likeness (QED) is 0.487. The second-order valence-corrected chi connectivity index (χ2v) is 7.89. The number of rotatable bonds is 6. The van der Waals surface area contributed by atoms with Crippen LogP contribution in [0.1, 0.15) is 25.7 Å². The Bertz CT molecular complexity index is 523. The van der Waals surface area contributed by atoms with Crippen LogP contribution in [0.3, 0.4) is 0 Å². The number of H-pyrrole nitrogens is 1. The van der Waals surface area contributed by atoms with Crippen molar-refractivity contribution in [2.24, 2.45) is 11.7 Å². The number of carbonyl (C=O) groups is 1. The molecule has 25 heavy (non-hydrogen) atoms. The van der Waals surface area contributed by atoms with E-state index < -0.39 is 0 Å². The zero-order valence-corrected chi connectivity index (χ0v) is 15.3. The molecule has 0 aliphatic carbocycles. The summed E-state index contributed by atoms with van der Waals surface area (Å²) in [5.74, 6) is 0.953. The minimum Gasteiger partial charge on any atom is -0.381 e. The van der Waals surface area contributed by atoms with Crippen molar-refractivity contribution >= 4 is 17.7 Å². The third kappa shape index (κ3) is 5.67. The summed E-state index contributed by atoms with van der Waals surface area (Å²) in [6, 6.07) is 0.652. The molecule has 2 atom stereocenters. The Hall–Kier alpha value is -1.16. The smallest absolute Gasteiger partial charge is 0.224 e. The van der Waals surface area contributed by atoms with Gasteiger partial charge in [-0.3, -0.25) is 9.69 Å². The Balaban J connectivity index is 1.46. The lowest BCUT2D eigenvalue weighted by Crippen LogP contribution is -2.47. The third-order valence-corrected chi connectivity index (χ3v) is 5.83. The van der Waals surface area contributed by atoms with Crippen LogP contribution < -0.4 is 11.1 Å². The van der Waals surface area contributed by atoms with Gasteiger partial charge in [0.05, 0.1) is 12.1 Å². The maximum absolute atomic E-state index is 12.6. The second kappa shape index (κ2) is 9.51. The molecule has 140 valence electrons. The molecule has 2 aliphatic heterocycles. The zero-order valence-electron chi connectivity index (χ0n) is 14.5. The van der Waals surface area contributed by atoms with Crippen LogP contribution >= 0.6 is 11.8 Å². The first kappa shape index (κ1) is 18.6. The highest BCUT2D eigenvalue weighted by Gasteiger charge is 2.31. The molecule has 8 nitrogen and oxygen atoms in total. The highest BCUT2D eigenvalue weighted by Crippen LogP contribution is 2.22. The van der Waals surface area contributed by atoms with E-state index in [0.717, 1.165) is 62.8 Å². The van der Waals surface area contributed by atoms with Crippen LogP contribution in [0.15, 0.2) is 11.2 Å². The SMILES string of the molecule is N[C@H]1CC[C@@H](C(=O)NCCSc2cn[nH]n2)CN(C2CCOCC2)C1. The molecule has 1 aromatic rings. The summed E-state index contributed by atoms with van der Waals surface area (Å²) in [5, 5.41) is 14.3. The second-order valence-electron chi connectivity index (χ2n) is 6.78. The van der Waals surface area contributed by atoms with Gasteiger partial charge >= 0.3 is 0 Å². The normalized spacial score (nSPS) is 26.3. The molecule has 1 amide bonds. The fourth-order valence-electron chi connectivity index (χ4n) is 3.55. The zero-order chi connectivity index (χ0) is 17.5. The van der Waals surface area contributed by atoms with Crippen molar-refractivity contribution in [1.82, 2.24) is 25.6 Å². The van der Waals surface area contributed by atoms with Crippen LogP contribution in [0.4, 0.5) is 0 Å². The van der Waals surface area contributed by atoms with Gasteiger partial charge in [-0.2, -0.15) is 10.3 Å². The molecule has 0 aromatic carbocycles. The van der Waals surface area contributed by atoms with E-state index in [-0.39, 0.29) is 17.9 Å². The third-order valence-electron chi connectivity index (χ3n) is 4.93. The maximum Gasteiger partial charge on any atom is 0.224 e. The first-order chi connectivity index (χ1) is 12.2. The maximum atomic E-state index is 12.6. The van der Waals surface area contributed by atoms with Gasteiger partial charge in [0.25, 0.3) is 0 Å². The molecule has 3 rings (SSSR count). The first-order valence-electron chi connectivity index (χ1n) is 9.06. The molecule has 9 heteroatoms. The number of likely N-dealkylation sites (tertiary alicyclic amines) is 1. The predicted octanol–water partition coefficient (Wildman–Crippen LogP) is 0.231. The van der Waals surface area contributed by atoms with Crippen molar-refractivity contribution in [3.63, 3.8) is 0 Å². The number of hydrogen-bond acceptors (Lipinski definition) is 7. The lowest BCUT2D eigenvalue weighted by atomic mass is 10.0. The summed E-state index contributed by atoms with van der Waals surface area (Å²) in [4.78, 5) is 15.0. The summed E-state index contributed by atoms with van der Waals surface area (Å²) >= 11 is 1.58. The van der Waals surface area contributed by atoms with Crippen molar-refractivity contribution in [2.45, 2.75) is 42.8 Å². The molecule has 4 N–H and O–H groups in total. The lowest BCUT2D eigenvalue weighted by Gasteiger charge is -2.35. The number of aromatic nitrogens is 3. The minimum atomic E-state index is 0.0217. The van der Waals surface area contributed by atoms with Gasteiger partial charge < -0.3 is 15.8 Å². The lowest BCUT2D eigenvalue weighted by molar-refractivity contribution is -0.125. The molecular weight excluding hydrogens is 340 g/mol. The van der Waals surface area contributed by atoms with Crippen LogP contribution in [0, 0.1) is 5.92 Å². The summed E-state index contributed by atoms with van der Waals surface area (Å²) in [6.07, 6.45) is 5.53. The molecule has 2 saturated heterocycles. The fraction of sp³-hybridized carbons (Fsp3) is 0.812. The van der Waals surface area contributed by atoms with E-state index in [2.05, 4.69) is 25.6 Å². The number of thioether (sulfide) groups is 1. The molecule has 0 saturated carbocycles. The van der Waals surface area contributed by atoms with E-state index in [1.807, 2.05) is 0 Å². The molecule has 0 spiro atoms. The average Bonchev–Trinajstić information content (AvgIpc) is 3.07. The van der Waals surface area contributed by atoms with Crippen molar-refractivity contribution in [2.75, 3.05) is 38.6 Å². The Kier molecular flexibility index (Phi) is 7.09. The van der Waals surface area contributed by atoms with Crippen molar-refractivity contribution in [3.8, 4) is 0 Å². The molecule has 1 aromatic heterocycles. The molecule has 2 fully saturated rings. The van der Waals surface area contributed by atoms with Gasteiger partial charge in [-0.15, -0.1) is 16.9 Å². The molecule has 3 heterocycles. The van der Waals surface area contributed by atoms with E-state index in [9.17, 15) is 4.79 Å². The van der Waals surface area contributed by atoms with E-state index in [1.165, 1.54) is 0 Å². The van der Waals surface area contributed by atoms with Crippen molar-refractivity contribution in [1.29, 1.82) is 0 Å². The van der Waals surface area contributed by atoms with Gasteiger partial charge in [0, 0.05) is 50.7 Å². The first-order valence-corrected chi connectivity index (χ1v) is 10.0. The Morgan fingerprint density at radius 1 is 1.36 bits per heavy atom. The highest BCUT2D eigenvalue weighted by atomic mass is 32.2. The van der Waals surface area contributed by atoms with Gasteiger partial charge in [-0.05, 0) is 25.7 Å². The average molecular weight is 369 g/mol. The van der Waals surface area contributed by atoms with Crippen LogP contribution in [0.2, 0.25) is 0 Å². The number of amides is 1. The number of aromatic amines is 1. The monoisotopic (exact) mass is 368 g/mol. The number of carbonyl (C=O) groups excluding carboxylic acids is 1. The largest absolute Gasteiger partial charge is 0.381 e.